The average Bonchev–Trinajstić information content (AvgIpc) is 2.77. The number of halogens is 2. The van der Waals surface area contributed by atoms with Crippen LogP contribution in [0, 0.1) is 5.92 Å². The second-order valence-corrected chi connectivity index (χ2v) is 5.15. The van der Waals surface area contributed by atoms with Crippen LogP contribution in [0.15, 0.2) is 33.3 Å². The molecule has 2 aromatic rings. The Labute approximate surface area is 120 Å². The van der Waals surface area contributed by atoms with Crippen LogP contribution in [0.25, 0.3) is 11.4 Å². The summed E-state index contributed by atoms with van der Waals surface area (Å²) in [5.41, 5.74) is 6.86. The first-order valence-electron chi connectivity index (χ1n) is 5.43. The predicted octanol–water partition coefficient (Wildman–Crippen LogP) is 3.58. The van der Waals surface area contributed by atoms with E-state index in [4.69, 9.17) is 10.3 Å². The largest absolute Gasteiger partial charge is 0.337 e. The lowest BCUT2D eigenvalue weighted by Gasteiger charge is -2.09. The first-order valence-corrected chi connectivity index (χ1v) is 6.22. The molecule has 0 aliphatic rings. The van der Waals surface area contributed by atoms with Gasteiger partial charge in [-0.25, -0.2) is 0 Å². The van der Waals surface area contributed by atoms with Gasteiger partial charge in [-0.1, -0.05) is 47.1 Å². The smallest absolute Gasteiger partial charge is 0.244 e. The SMILES string of the molecule is CC(C)[C@@H](N)c1nc(-c2cccc(Br)c2)no1.Cl. The molecule has 0 spiro atoms. The molecule has 0 unspecified atom stereocenters. The third kappa shape index (κ3) is 3.31. The summed E-state index contributed by atoms with van der Waals surface area (Å²) in [4.78, 5) is 4.32. The minimum Gasteiger partial charge on any atom is -0.337 e. The zero-order valence-electron chi connectivity index (χ0n) is 10.1. The van der Waals surface area contributed by atoms with E-state index in [1.165, 1.54) is 0 Å². The maximum atomic E-state index is 5.95. The molecule has 2 rings (SSSR count). The van der Waals surface area contributed by atoms with Crippen LogP contribution in [0.1, 0.15) is 25.8 Å². The average molecular weight is 333 g/mol. The molecule has 98 valence electrons. The van der Waals surface area contributed by atoms with Crippen LogP contribution in [0.4, 0.5) is 0 Å². The monoisotopic (exact) mass is 331 g/mol. The van der Waals surface area contributed by atoms with Crippen LogP contribution in [0.2, 0.25) is 0 Å². The van der Waals surface area contributed by atoms with Crippen LogP contribution in [0.3, 0.4) is 0 Å². The third-order valence-corrected chi connectivity index (χ3v) is 3.02. The van der Waals surface area contributed by atoms with Crippen LogP contribution in [0.5, 0.6) is 0 Å². The minimum atomic E-state index is -0.219. The highest BCUT2D eigenvalue weighted by Gasteiger charge is 2.18. The molecule has 1 aromatic heterocycles. The van der Waals surface area contributed by atoms with E-state index in [9.17, 15) is 0 Å². The van der Waals surface area contributed by atoms with Crippen molar-refractivity contribution < 1.29 is 4.52 Å². The lowest BCUT2D eigenvalue weighted by Crippen LogP contribution is -2.16. The molecule has 1 atom stereocenters. The number of aromatic nitrogens is 2. The van der Waals surface area contributed by atoms with Gasteiger partial charge in [-0.2, -0.15) is 4.98 Å². The molecule has 0 saturated carbocycles. The first-order chi connectivity index (χ1) is 8.08. The van der Waals surface area contributed by atoms with Gasteiger partial charge in [0.2, 0.25) is 11.7 Å². The number of nitrogens with zero attached hydrogens (tertiary/aromatic N) is 2. The molecule has 0 aliphatic carbocycles. The van der Waals surface area contributed by atoms with E-state index in [1.807, 2.05) is 38.1 Å². The van der Waals surface area contributed by atoms with Gasteiger partial charge < -0.3 is 10.3 Å². The van der Waals surface area contributed by atoms with Crippen molar-refractivity contribution in [3.63, 3.8) is 0 Å². The fraction of sp³-hybridized carbons (Fsp3) is 0.333. The lowest BCUT2D eigenvalue weighted by atomic mass is 10.1. The quantitative estimate of drug-likeness (QED) is 0.933. The Bertz CT molecular complexity index is 516. The predicted molar refractivity (Wildman–Crippen MR) is 76.4 cm³/mol. The molecule has 6 heteroatoms. The topological polar surface area (TPSA) is 64.9 Å². The third-order valence-electron chi connectivity index (χ3n) is 2.53. The maximum absolute atomic E-state index is 5.95. The Hall–Kier alpha value is -0.910. The second kappa shape index (κ2) is 6.31. The number of nitrogens with two attached hydrogens (primary N) is 1. The van der Waals surface area contributed by atoms with Crippen molar-refractivity contribution >= 4 is 28.3 Å². The summed E-state index contributed by atoms with van der Waals surface area (Å²) < 4.78 is 6.16. The van der Waals surface area contributed by atoms with Crippen LogP contribution in [-0.2, 0) is 0 Å². The standard InChI is InChI=1S/C12H14BrN3O.ClH/c1-7(2)10(14)12-15-11(16-17-12)8-4-3-5-9(13)6-8;/h3-7,10H,14H2,1-2H3;1H/t10-;/m1./s1. The van der Waals surface area contributed by atoms with E-state index in [-0.39, 0.29) is 24.4 Å². The van der Waals surface area contributed by atoms with Crippen molar-refractivity contribution in [1.29, 1.82) is 0 Å². The molecule has 0 bridgehead atoms. The van der Waals surface area contributed by atoms with Crippen LogP contribution in [-0.4, -0.2) is 10.1 Å². The van der Waals surface area contributed by atoms with Crippen LogP contribution < -0.4 is 5.73 Å². The van der Waals surface area contributed by atoms with Crippen molar-refractivity contribution in [3.8, 4) is 11.4 Å². The molecule has 4 nitrogen and oxygen atoms in total. The summed E-state index contributed by atoms with van der Waals surface area (Å²) in [7, 11) is 0. The molecular formula is C12H15BrClN3O. The zero-order chi connectivity index (χ0) is 12.4. The van der Waals surface area contributed by atoms with E-state index in [0.29, 0.717) is 11.7 Å². The summed E-state index contributed by atoms with van der Waals surface area (Å²) in [6.45, 7) is 4.04. The minimum absolute atomic E-state index is 0. The molecule has 1 aromatic carbocycles. The van der Waals surface area contributed by atoms with E-state index in [0.717, 1.165) is 10.0 Å². The highest BCUT2D eigenvalue weighted by atomic mass is 79.9. The van der Waals surface area contributed by atoms with Gasteiger partial charge >= 0.3 is 0 Å². The highest BCUT2D eigenvalue weighted by Crippen LogP contribution is 2.23. The number of benzene rings is 1. The van der Waals surface area contributed by atoms with Gasteiger partial charge in [0, 0.05) is 10.0 Å². The van der Waals surface area contributed by atoms with Gasteiger partial charge in [-0.15, -0.1) is 12.4 Å². The second-order valence-electron chi connectivity index (χ2n) is 4.24. The van der Waals surface area contributed by atoms with Gasteiger partial charge in [-0.3, -0.25) is 0 Å². The van der Waals surface area contributed by atoms with Gasteiger partial charge in [-0.05, 0) is 18.1 Å². The van der Waals surface area contributed by atoms with Gasteiger partial charge in [0.15, 0.2) is 0 Å². The molecule has 0 amide bonds. The molecule has 0 fully saturated rings. The van der Waals surface area contributed by atoms with Crippen molar-refractivity contribution in [2.24, 2.45) is 11.7 Å². The van der Waals surface area contributed by atoms with Crippen molar-refractivity contribution in [3.05, 3.63) is 34.6 Å². The Morgan fingerprint density at radius 1 is 1.33 bits per heavy atom. The van der Waals surface area contributed by atoms with Crippen molar-refractivity contribution in [1.82, 2.24) is 10.1 Å². The summed E-state index contributed by atoms with van der Waals surface area (Å²) in [6, 6.07) is 7.53. The normalized spacial score (nSPS) is 12.3. The Morgan fingerprint density at radius 2 is 2.06 bits per heavy atom. The summed E-state index contributed by atoms with van der Waals surface area (Å²) >= 11 is 3.41. The van der Waals surface area contributed by atoms with Crippen LogP contribution >= 0.6 is 28.3 Å². The van der Waals surface area contributed by atoms with E-state index in [1.54, 1.807) is 0 Å². The zero-order valence-corrected chi connectivity index (χ0v) is 12.5. The number of rotatable bonds is 3. The molecule has 2 N–H and O–H groups in total. The van der Waals surface area contributed by atoms with Gasteiger partial charge in [0.1, 0.15) is 0 Å². The van der Waals surface area contributed by atoms with E-state index < -0.39 is 0 Å². The summed E-state index contributed by atoms with van der Waals surface area (Å²) in [5.74, 6) is 1.32. The fourth-order valence-electron chi connectivity index (χ4n) is 1.40. The van der Waals surface area contributed by atoms with Gasteiger partial charge in [0.25, 0.3) is 0 Å². The Balaban J connectivity index is 0.00000162. The Morgan fingerprint density at radius 3 is 2.67 bits per heavy atom. The van der Waals surface area contributed by atoms with E-state index in [2.05, 4.69) is 26.1 Å². The molecule has 1 heterocycles. The molecule has 0 aliphatic heterocycles. The molecule has 0 saturated heterocycles. The summed E-state index contributed by atoms with van der Waals surface area (Å²) in [6.07, 6.45) is 0. The van der Waals surface area contributed by atoms with E-state index >= 15 is 0 Å². The molecule has 18 heavy (non-hydrogen) atoms. The van der Waals surface area contributed by atoms with Crippen molar-refractivity contribution in [2.45, 2.75) is 19.9 Å². The number of hydrogen-bond acceptors (Lipinski definition) is 4. The molecule has 0 radical (unpaired) electrons. The molecular weight excluding hydrogens is 318 g/mol. The van der Waals surface area contributed by atoms with Crippen molar-refractivity contribution in [2.75, 3.05) is 0 Å². The summed E-state index contributed by atoms with van der Waals surface area (Å²) in [5, 5.41) is 3.94. The fourth-order valence-corrected chi connectivity index (χ4v) is 1.80. The van der Waals surface area contributed by atoms with Gasteiger partial charge in [0.05, 0.1) is 6.04 Å². The highest BCUT2D eigenvalue weighted by molar-refractivity contribution is 9.10. The maximum Gasteiger partial charge on any atom is 0.244 e. The number of hydrogen-bond donors (Lipinski definition) is 1. The Kier molecular flexibility index (Phi) is 5.31. The first kappa shape index (κ1) is 15.1. The lowest BCUT2D eigenvalue weighted by molar-refractivity contribution is 0.325.